The van der Waals surface area contributed by atoms with E-state index in [4.69, 9.17) is 0 Å². The zero-order valence-corrected chi connectivity index (χ0v) is 15.6. The molecule has 2 aromatic heterocycles. The van der Waals surface area contributed by atoms with E-state index in [2.05, 4.69) is 10.1 Å². The minimum absolute atomic E-state index is 0.0397. The molecule has 0 spiro atoms. The van der Waals surface area contributed by atoms with Crippen LogP contribution in [0.25, 0.3) is 16.3 Å². The largest absolute Gasteiger partial charge is 0.337 e. The van der Waals surface area contributed by atoms with Crippen molar-refractivity contribution in [1.82, 2.24) is 19.7 Å². The van der Waals surface area contributed by atoms with Crippen LogP contribution < -0.4 is 0 Å². The number of benzene rings is 2. The Kier molecular flexibility index (Phi) is 4.80. The molecule has 0 unspecified atom stereocenters. The van der Waals surface area contributed by atoms with Gasteiger partial charge in [-0.1, -0.05) is 48.5 Å². The van der Waals surface area contributed by atoms with Crippen LogP contribution in [0.2, 0.25) is 0 Å². The maximum atomic E-state index is 12.7. The van der Waals surface area contributed by atoms with Crippen LogP contribution in [-0.4, -0.2) is 32.6 Å². The Hall–Kier alpha value is -3.25. The Morgan fingerprint density at radius 3 is 2.48 bits per heavy atom. The molecule has 134 valence electrons. The van der Waals surface area contributed by atoms with Gasteiger partial charge in [-0.3, -0.25) is 4.79 Å². The fourth-order valence-corrected chi connectivity index (χ4v) is 3.70. The fourth-order valence-electron chi connectivity index (χ4n) is 2.78. The molecule has 2 aromatic carbocycles. The van der Waals surface area contributed by atoms with Crippen LogP contribution in [0.3, 0.4) is 0 Å². The Morgan fingerprint density at radius 2 is 1.74 bits per heavy atom. The number of rotatable bonds is 5. The monoisotopic (exact) mass is 374 g/mol. The SMILES string of the molecule is CN(Cc1cnn(-c2ccccc2)c1)C(=O)c1cnc(-c2ccccc2)s1. The molecule has 0 saturated carbocycles. The lowest BCUT2D eigenvalue weighted by atomic mass is 10.2. The second kappa shape index (κ2) is 7.55. The van der Waals surface area contributed by atoms with Gasteiger partial charge in [-0.15, -0.1) is 11.3 Å². The molecular formula is C21H18N4OS. The highest BCUT2D eigenvalue weighted by molar-refractivity contribution is 7.16. The van der Waals surface area contributed by atoms with E-state index >= 15 is 0 Å². The summed E-state index contributed by atoms with van der Waals surface area (Å²) in [7, 11) is 1.80. The van der Waals surface area contributed by atoms with Gasteiger partial charge >= 0.3 is 0 Å². The molecule has 0 bridgehead atoms. The number of hydrogen-bond acceptors (Lipinski definition) is 4. The molecule has 6 heteroatoms. The van der Waals surface area contributed by atoms with Gasteiger partial charge in [0.15, 0.2) is 0 Å². The van der Waals surface area contributed by atoms with Crippen LogP contribution in [-0.2, 0) is 6.54 Å². The second-order valence-electron chi connectivity index (χ2n) is 6.19. The van der Waals surface area contributed by atoms with Crippen molar-refractivity contribution in [3.8, 4) is 16.3 Å². The third kappa shape index (κ3) is 3.80. The van der Waals surface area contributed by atoms with E-state index in [0.29, 0.717) is 11.4 Å². The molecule has 4 aromatic rings. The Bertz CT molecular complexity index is 1040. The summed E-state index contributed by atoms with van der Waals surface area (Å²) in [6.07, 6.45) is 5.39. The molecule has 0 aliphatic rings. The minimum atomic E-state index is -0.0397. The first kappa shape index (κ1) is 17.2. The normalized spacial score (nSPS) is 10.7. The quantitative estimate of drug-likeness (QED) is 0.524. The van der Waals surface area contributed by atoms with Crippen molar-refractivity contribution < 1.29 is 4.79 Å². The van der Waals surface area contributed by atoms with Crippen molar-refractivity contribution in [2.45, 2.75) is 6.54 Å². The molecule has 0 aliphatic carbocycles. The van der Waals surface area contributed by atoms with Crippen LogP contribution in [0.1, 0.15) is 15.2 Å². The number of para-hydroxylation sites is 1. The van der Waals surface area contributed by atoms with Gasteiger partial charge in [0.25, 0.3) is 5.91 Å². The van der Waals surface area contributed by atoms with Crippen molar-refractivity contribution in [3.05, 3.63) is 89.7 Å². The Balaban J connectivity index is 1.46. The van der Waals surface area contributed by atoms with Gasteiger partial charge < -0.3 is 4.90 Å². The van der Waals surface area contributed by atoms with Crippen molar-refractivity contribution in [1.29, 1.82) is 0 Å². The summed E-state index contributed by atoms with van der Waals surface area (Å²) >= 11 is 1.41. The fraction of sp³-hybridized carbons (Fsp3) is 0.0952. The summed E-state index contributed by atoms with van der Waals surface area (Å²) in [6.45, 7) is 0.490. The van der Waals surface area contributed by atoms with E-state index in [0.717, 1.165) is 21.8 Å². The summed E-state index contributed by atoms with van der Waals surface area (Å²) in [6, 6.07) is 19.8. The first-order chi connectivity index (χ1) is 13.2. The third-order valence-electron chi connectivity index (χ3n) is 4.16. The van der Waals surface area contributed by atoms with Gasteiger partial charge in [0.05, 0.1) is 18.1 Å². The van der Waals surface area contributed by atoms with E-state index in [1.807, 2.05) is 71.5 Å². The first-order valence-corrected chi connectivity index (χ1v) is 9.38. The van der Waals surface area contributed by atoms with Gasteiger partial charge in [0, 0.05) is 30.9 Å². The predicted molar refractivity (Wildman–Crippen MR) is 107 cm³/mol. The number of hydrogen-bond donors (Lipinski definition) is 0. The van der Waals surface area contributed by atoms with Gasteiger partial charge in [-0.25, -0.2) is 9.67 Å². The molecule has 5 nitrogen and oxygen atoms in total. The average molecular weight is 374 g/mol. The smallest absolute Gasteiger partial charge is 0.265 e. The maximum Gasteiger partial charge on any atom is 0.265 e. The predicted octanol–water partition coefficient (Wildman–Crippen LogP) is 4.27. The van der Waals surface area contributed by atoms with E-state index in [1.165, 1.54) is 11.3 Å². The topological polar surface area (TPSA) is 51.0 Å². The van der Waals surface area contributed by atoms with E-state index in [-0.39, 0.29) is 5.91 Å². The van der Waals surface area contributed by atoms with Gasteiger partial charge in [-0.05, 0) is 12.1 Å². The van der Waals surface area contributed by atoms with Crippen LogP contribution >= 0.6 is 11.3 Å². The van der Waals surface area contributed by atoms with Gasteiger partial charge in [-0.2, -0.15) is 5.10 Å². The van der Waals surface area contributed by atoms with Crippen molar-refractivity contribution >= 4 is 17.2 Å². The standard InChI is InChI=1S/C21H18N4OS/c1-24(14-16-12-23-25(15-16)18-10-6-3-7-11-18)21(26)19-13-22-20(27-19)17-8-4-2-5-9-17/h2-13,15H,14H2,1H3. The summed E-state index contributed by atoms with van der Waals surface area (Å²) in [5, 5.41) is 5.24. The van der Waals surface area contributed by atoms with Crippen LogP contribution in [0.4, 0.5) is 0 Å². The molecule has 0 radical (unpaired) electrons. The lowest BCUT2D eigenvalue weighted by molar-refractivity contribution is 0.0789. The minimum Gasteiger partial charge on any atom is -0.337 e. The number of thiazole rings is 1. The van der Waals surface area contributed by atoms with Gasteiger partial charge in [0.2, 0.25) is 0 Å². The van der Waals surface area contributed by atoms with Crippen LogP contribution in [0.15, 0.2) is 79.3 Å². The highest BCUT2D eigenvalue weighted by Gasteiger charge is 2.17. The van der Waals surface area contributed by atoms with Crippen molar-refractivity contribution in [3.63, 3.8) is 0 Å². The molecule has 0 aliphatic heterocycles. The number of carbonyl (C=O) groups is 1. The zero-order chi connectivity index (χ0) is 18.6. The summed E-state index contributed by atoms with van der Waals surface area (Å²) in [5.41, 5.74) is 2.99. The highest BCUT2D eigenvalue weighted by atomic mass is 32.1. The first-order valence-electron chi connectivity index (χ1n) is 8.56. The Labute approximate surface area is 161 Å². The molecule has 4 rings (SSSR count). The number of aromatic nitrogens is 3. The van der Waals surface area contributed by atoms with Crippen LogP contribution in [0, 0.1) is 0 Å². The van der Waals surface area contributed by atoms with E-state index < -0.39 is 0 Å². The Morgan fingerprint density at radius 1 is 1.04 bits per heavy atom. The maximum absolute atomic E-state index is 12.7. The van der Waals surface area contributed by atoms with Gasteiger partial charge in [0.1, 0.15) is 9.88 Å². The molecule has 0 N–H and O–H groups in total. The molecule has 2 heterocycles. The molecule has 0 saturated heterocycles. The number of amides is 1. The van der Waals surface area contributed by atoms with Crippen LogP contribution in [0.5, 0.6) is 0 Å². The van der Waals surface area contributed by atoms with E-state index in [1.54, 1.807) is 24.3 Å². The summed E-state index contributed by atoms with van der Waals surface area (Å²) in [4.78, 5) is 19.5. The van der Waals surface area contributed by atoms with Crippen molar-refractivity contribution in [2.75, 3.05) is 7.05 Å². The molecule has 0 fully saturated rings. The zero-order valence-electron chi connectivity index (χ0n) is 14.8. The average Bonchev–Trinajstić information content (AvgIpc) is 3.39. The lowest BCUT2D eigenvalue weighted by Crippen LogP contribution is -2.25. The summed E-state index contributed by atoms with van der Waals surface area (Å²) in [5.74, 6) is -0.0397. The molecule has 0 atom stereocenters. The molecule has 27 heavy (non-hydrogen) atoms. The number of carbonyl (C=O) groups excluding carboxylic acids is 1. The third-order valence-corrected chi connectivity index (χ3v) is 5.19. The second-order valence-corrected chi connectivity index (χ2v) is 7.22. The molecular weight excluding hydrogens is 356 g/mol. The van der Waals surface area contributed by atoms with E-state index in [9.17, 15) is 4.79 Å². The number of nitrogens with zero attached hydrogens (tertiary/aromatic N) is 4. The highest BCUT2D eigenvalue weighted by Crippen LogP contribution is 2.25. The molecule has 1 amide bonds. The lowest BCUT2D eigenvalue weighted by Gasteiger charge is -2.14. The summed E-state index contributed by atoms with van der Waals surface area (Å²) < 4.78 is 1.81. The van der Waals surface area contributed by atoms with Crippen molar-refractivity contribution in [2.24, 2.45) is 0 Å².